The van der Waals surface area contributed by atoms with Crippen LogP contribution < -0.4 is 15.8 Å². The van der Waals surface area contributed by atoms with Gasteiger partial charge in [0.1, 0.15) is 18.0 Å². The van der Waals surface area contributed by atoms with E-state index >= 15 is 4.39 Å². The summed E-state index contributed by atoms with van der Waals surface area (Å²) in [6, 6.07) is 3.23. The number of anilines is 1. The molecule has 3 N–H and O–H groups in total. The second-order valence-electron chi connectivity index (χ2n) is 9.10. The van der Waals surface area contributed by atoms with Crippen LogP contribution in [0.25, 0.3) is 11.3 Å². The standard InChI is InChI=1S/C23H26Cl2FN5O3/c24-13-8-16(25)19(18(9-13)34-12-23(26)4-6-33-7-5-23)20-15-10-31(11-17(15)29-21(27)30-20)22(32)28-14-2-1-3-14/h8-9,14H,1-7,10-12H2,(H,28,32)(H2,27,29,30). The molecule has 0 unspecified atom stereocenters. The number of carbonyl (C=O) groups excluding carboxylic acids is 1. The van der Waals surface area contributed by atoms with Crippen LogP contribution in [0.4, 0.5) is 15.1 Å². The van der Waals surface area contributed by atoms with Crippen molar-refractivity contribution in [3.63, 3.8) is 0 Å². The maximum Gasteiger partial charge on any atom is 0.318 e. The molecule has 5 rings (SSSR count). The third kappa shape index (κ3) is 4.74. The molecule has 34 heavy (non-hydrogen) atoms. The number of alkyl halides is 1. The molecule has 1 saturated heterocycles. The summed E-state index contributed by atoms with van der Waals surface area (Å²) in [6.45, 7) is 1.13. The van der Waals surface area contributed by atoms with Gasteiger partial charge >= 0.3 is 6.03 Å². The summed E-state index contributed by atoms with van der Waals surface area (Å²) in [7, 11) is 0. The number of urea groups is 1. The van der Waals surface area contributed by atoms with Crippen LogP contribution in [-0.4, -0.2) is 52.4 Å². The van der Waals surface area contributed by atoms with Gasteiger partial charge in [0.25, 0.3) is 0 Å². The molecule has 0 radical (unpaired) electrons. The molecule has 1 saturated carbocycles. The van der Waals surface area contributed by atoms with Gasteiger partial charge in [0.15, 0.2) is 0 Å². The number of nitrogens with two attached hydrogens (primary N) is 1. The van der Waals surface area contributed by atoms with Crippen molar-refractivity contribution in [3.05, 3.63) is 33.4 Å². The van der Waals surface area contributed by atoms with Crippen LogP contribution in [0.3, 0.4) is 0 Å². The summed E-state index contributed by atoms with van der Waals surface area (Å²) >= 11 is 12.9. The third-order valence-corrected chi connectivity index (χ3v) is 7.17. The van der Waals surface area contributed by atoms with Crippen molar-refractivity contribution in [1.82, 2.24) is 20.2 Å². The smallest absolute Gasteiger partial charge is 0.318 e. The second kappa shape index (κ2) is 9.36. The Morgan fingerprint density at radius 1 is 1.26 bits per heavy atom. The molecule has 1 aromatic carbocycles. The van der Waals surface area contributed by atoms with Crippen LogP contribution in [0.5, 0.6) is 5.75 Å². The normalized spacial score (nSPS) is 19.4. The van der Waals surface area contributed by atoms with E-state index in [4.69, 9.17) is 38.4 Å². The second-order valence-corrected chi connectivity index (χ2v) is 9.95. The summed E-state index contributed by atoms with van der Waals surface area (Å²) < 4.78 is 26.4. The Labute approximate surface area is 206 Å². The van der Waals surface area contributed by atoms with Gasteiger partial charge in [0.2, 0.25) is 5.95 Å². The van der Waals surface area contributed by atoms with E-state index in [-0.39, 0.29) is 37.5 Å². The molecular weight excluding hydrogens is 484 g/mol. The molecule has 0 spiro atoms. The molecule has 1 aliphatic carbocycles. The number of carbonyl (C=O) groups is 1. The molecule has 8 nitrogen and oxygen atoms in total. The summed E-state index contributed by atoms with van der Waals surface area (Å²) in [5, 5.41) is 3.69. The maximum absolute atomic E-state index is 15.2. The van der Waals surface area contributed by atoms with Gasteiger partial charge in [-0.05, 0) is 31.4 Å². The Balaban J connectivity index is 1.46. The van der Waals surface area contributed by atoms with Crippen molar-refractivity contribution in [2.24, 2.45) is 0 Å². The molecule has 0 bridgehead atoms. The average Bonchev–Trinajstić information content (AvgIpc) is 3.19. The molecule has 2 aliphatic heterocycles. The maximum atomic E-state index is 15.2. The first-order valence-electron chi connectivity index (χ1n) is 11.4. The van der Waals surface area contributed by atoms with Gasteiger partial charge in [0.05, 0.1) is 35.1 Å². The average molecular weight is 510 g/mol. The van der Waals surface area contributed by atoms with Crippen molar-refractivity contribution < 1.29 is 18.7 Å². The van der Waals surface area contributed by atoms with Crippen LogP contribution in [0.2, 0.25) is 10.0 Å². The fourth-order valence-corrected chi connectivity index (χ4v) is 4.99. The van der Waals surface area contributed by atoms with E-state index in [0.29, 0.717) is 59.0 Å². The highest BCUT2D eigenvalue weighted by atomic mass is 35.5. The molecule has 0 atom stereocenters. The minimum Gasteiger partial charge on any atom is -0.489 e. The molecule has 3 aliphatic rings. The number of nitrogens with one attached hydrogen (secondary N) is 1. The zero-order chi connectivity index (χ0) is 23.9. The zero-order valence-electron chi connectivity index (χ0n) is 18.6. The lowest BCUT2D eigenvalue weighted by Crippen LogP contribution is -2.45. The number of rotatable bonds is 5. The number of fused-ring (bicyclic) bond motifs is 1. The van der Waals surface area contributed by atoms with E-state index in [1.165, 1.54) is 0 Å². The van der Waals surface area contributed by atoms with Crippen molar-refractivity contribution in [2.45, 2.75) is 56.9 Å². The number of nitrogen functional groups attached to an aromatic ring is 1. The van der Waals surface area contributed by atoms with Gasteiger partial charge in [-0.15, -0.1) is 0 Å². The predicted octanol–water partition coefficient (Wildman–Crippen LogP) is 4.51. The quantitative estimate of drug-likeness (QED) is 0.614. The molecule has 1 aromatic heterocycles. The Hall–Kier alpha value is -2.36. The largest absolute Gasteiger partial charge is 0.489 e. The van der Waals surface area contributed by atoms with Crippen LogP contribution >= 0.6 is 23.2 Å². The number of aromatic nitrogens is 2. The van der Waals surface area contributed by atoms with Crippen LogP contribution in [-0.2, 0) is 17.8 Å². The Morgan fingerprint density at radius 2 is 2.03 bits per heavy atom. The van der Waals surface area contributed by atoms with Crippen LogP contribution in [0, 0.1) is 0 Å². The molecule has 2 aromatic rings. The van der Waals surface area contributed by atoms with Crippen molar-refractivity contribution in [1.29, 1.82) is 0 Å². The monoisotopic (exact) mass is 509 g/mol. The first-order chi connectivity index (χ1) is 16.3. The Bertz CT molecular complexity index is 1110. The van der Waals surface area contributed by atoms with E-state index < -0.39 is 5.67 Å². The molecule has 2 fully saturated rings. The van der Waals surface area contributed by atoms with Gasteiger partial charge in [-0.25, -0.2) is 19.2 Å². The Morgan fingerprint density at radius 3 is 2.74 bits per heavy atom. The van der Waals surface area contributed by atoms with E-state index in [0.717, 1.165) is 24.8 Å². The highest BCUT2D eigenvalue weighted by Crippen LogP contribution is 2.43. The van der Waals surface area contributed by atoms with Crippen LogP contribution in [0.1, 0.15) is 43.4 Å². The number of hydrogen-bond acceptors (Lipinski definition) is 6. The molecular formula is C23H26Cl2FN5O3. The lowest BCUT2D eigenvalue weighted by atomic mass is 9.93. The number of amides is 2. The highest BCUT2D eigenvalue weighted by Gasteiger charge is 2.35. The van der Waals surface area contributed by atoms with Crippen molar-refractivity contribution in [3.8, 4) is 17.0 Å². The fraction of sp³-hybridized carbons (Fsp3) is 0.522. The first kappa shape index (κ1) is 23.4. The van der Waals surface area contributed by atoms with Gasteiger partial charge in [0, 0.05) is 42.7 Å². The van der Waals surface area contributed by atoms with Crippen molar-refractivity contribution >= 4 is 35.2 Å². The number of halogens is 3. The Kier molecular flexibility index (Phi) is 6.43. The summed E-state index contributed by atoms with van der Waals surface area (Å²) in [5.41, 5.74) is 6.80. The lowest BCUT2D eigenvalue weighted by molar-refractivity contribution is -0.0322. The third-order valence-electron chi connectivity index (χ3n) is 6.65. The van der Waals surface area contributed by atoms with Gasteiger partial charge < -0.3 is 25.4 Å². The van der Waals surface area contributed by atoms with E-state index in [2.05, 4.69) is 15.3 Å². The zero-order valence-corrected chi connectivity index (χ0v) is 20.1. The minimum absolute atomic E-state index is 0.0540. The molecule has 182 valence electrons. The minimum atomic E-state index is -1.51. The predicted molar refractivity (Wildman–Crippen MR) is 127 cm³/mol. The summed E-state index contributed by atoms with van der Waals surface area (Å²) in [6.07, 6.45) is 3.61. The summed E-state index contributed by atoms with van der Waals surface area (Å²) in [5.74, 6) is 0.358. The number of hydrogen-bond donors (Lipinski definition) is 2. The summed E-state index contributed by atoms with van der Waals surface area (Å²) in [4.78, 5) is 23.2. The van der Waals surface area contributed by atoms with Gasteiger partial charge in [-0.2, -0.15) is 0 Å². The number of nitrogens with zero attached hydrogens (tertiary/aromatic N) is 3. The fourth-order valence-electron chi connectivity index (χ4n) is 4.43. The topological polar surface area (TPSA) is 103 Å². The van der Waals surface area contributed by atoms with E-state index in [1.807, 2.05) is 0 Å². The van der Waals surface area contributed by atoms with Gasteiger partial charge in [-0.3, -0.25) is 0 Å². The van der Waals surface area contributed by atoms with Gasteiger partial charge in [-0.1, -0.05) is 23.2 Å². The number of benzene rings is 1. The lowest BCUT2D eigenvalue weighted by Gasteiger charge is -2.29. The highest BCUT2D eigenvalue weighted by molar-refractivity contribution is 6.37. The number of ether oxygens (including phenoxy) is 2. The first-order valence-corrected chi connectivity index (χ1v) is 12.2. The van der Waals surface area contributed by atoms with Crippen LogP contribution in [0.15, 0.2) is 12.1 Å². The molecule has 11 heteroatoms. The van der Waals surface area contributed by atoms with E-state index in [1.54, 1.807) is 17.0 Å². The SMILES string of the molecule is Nc1nc2c(c(-c3c(Cl)cc(Cl)cc3OCC3(F)CCOCC3)n1)CN(C(=O)NC1CCC1)C2. The molecule has 3 heterocycles. The van der Waals surface area contributed by atoms with E-state index in [9.17, 15) is 4.79 Å². The van der Waals surface area contributed by atoms with Crippen molar-refractivity contribution in [2.75, 3.05) is 25.6 Å². The molecule has 2 amide bonds.